The van der Waals surface area contributed by atoms with Gasteiger partial charge in [0.1, 0.15) is 5.92 Å². The normalized spacial score (nSPS) is 25.9. The molecule has 0 aromatic heterocycles. The summed E-state index contributed by atoms with van der Waals surface area (Å²) in [4.78, 5) is 21.0. The van der Waals surface area contributed by atoms with Crippen molar-refractivity contribution >= 4 is 22.8 Å². The first-order valence-corrected chi connectivity index (χ1v) is 3.06. The second-order valence-electron chi connectivity index (χ2n) is 1.94. The largest absolute Gasteiger partial charge is 0.355 e. The molecule has 0 aliphatic carbocycles. The highest BCUT2D eigenvalue weighted by Gasteiger charge is 2.29. The average Bonchev–Trinajstić information content (AvgIpc) is 2.13. The molecule has 1 saturated heterocycles. The van der Waals surface area contributed by atoms with Gasteiger partial charge in [-0.25, -0.2) is 0 Å². The van der Waals surface area contributed by atoms with Crippen LogP contribution in [-0.4, -0.2) is 17.7 Å². The van der Waals surface area contributed by atoms with Crippen LogP contribution >= 0.6 is 11.6 Å². The molecule has 0 aromatic rings. The first kappa shape index (κ1) is 6.55. The summed E-state index contributed by atoms with van der Waals surface area (Å²) >= 11 is 5.08. The minimum Gasteiger partial charge on any atom is -0.355 e. The number of carbonyl (C=O) groups is 2. The van der Waals surface area contributed by atoms with Crippen LogP contribution in [0.25, 0.3) is 0 Å². The maximum atomic E-state index is 10.6. The molecule has 9 heavy (non-hydrogen) atoms. The van der Waals surface area contributed by atoms with Gasteiger partial charge < -0.3 is 5.32 Å². The van der Waals surface area contributed by atoms with Crippen molar-refractivity contribution in [3.05, 3.63) is 0 Å². The van der Waals surface area contributed by atoms with Crippen molar-refractivity contribution in [1.29, 1.82) is 0 Å². The Kier molecular flexibility index (Phi) is 1.71. The summed E-state index contributed by atoms with van der Waals surface area (Å²) in [5.41, 5.74) is 0. The van der Waals surface area contributed by atoms with Crippen molar-refractivity contribution < 1.29 is 9.59 Å². The Morgan fingerprint density at radius 1 is 1.78 bits per heavy atom. The first-order chi connectivity index (χ1) is 4.22. The fraction of sp³-hybridized carbons (Fsp3) is 0.600. The third-order valence-electron chi connectivity index (χ3n) is 1.32. The van der Waals surface area contributed by atoms with Gasteiger partial charge in [-0.2, -0.15) is 0 Å². The van der Waals surface area contributed by atoms with E-state index in [1.807, 2.05) is 0 Å². The van der Waals surface area contributed by atoms with Crippen LogP contribution in [0.2, 0.25) is 0 Å². The molecule has 3 nitrogen and oxygen atoms in total. The summed E-state index contributed by atoms with van der Waals surface area (Å²) in [5, 5.41) is 1.96. The summed E-state index contributed by atoms with van der Waals surface area (Å²) in [6.45, 7) is 0.571. The van der Waals surface area contributed by atoms with Crippen LogP contribution in [-0.2, 0) is 9.59 Å². The molecule has 0 radical (unpaired) electrons. The van der Waals surface area contributed by atoms with E-state index in [1.165, 1.54) is 0 Å². The molecule has 4 heteroatoms. The van der Waals surface area contributed by atoms with E-state index in [9.17, 15) is 9.59 Å². The molecule has 0 saturated carbocycles. The van der Waals surface area contributed by atoms with Crippen LogP contribution in [0, 0.1) is 5.92 Å². The smallest absolute Gasteiger partial charge is 0.234 e. The first-order valence-electron chi connectivity index (χ1n) is 2.69. The number of hydrogen-bond acceptors (Lipinski definition) is 2. The zero-order valence-corrected chi connectivity index (χ0v) is 5.44. The zero-order valence-electron chi connectivity index (χ0n) is 4.69. The van der Waals surface area contributed by atoms with Crippen LogP contribution < -0.4 is 5.32 Å². The third-order valence-corrected chi connectivity index (χ3v) is 1.59. The van der Waals surface area contributed by atoms with Gasteiger partial charge in [-0.3, -0.25) is 9.59 Å². The summed E-state index contributed by atoms with van der Waals surface area (Å²) in [7, 11) is 0. The monoisotopic (exact) mass is 147 g/mol. The molecule has 1 heterocycles. The molecule has 0 spiro atoms. The Morgan fingerprint density at radius 3 is 2.67 bits per heavy atom. The highest BCUT2D eigenvalue weighted by atomic mass is 35.5. The average molecular weight is 148 g/mol. The van der Waals surface area contributed by atoms with Crippen LogP contribution in [0.1, 0.15) is 6.42 Å². The lowest BCUT2D eigenvalue weighted by Crippen LogP contribution is -2.22. The van der Waals surface area contributed by atoms with Gasteiger partial charge in [-0.15, -0.1) is 0 Å². The Morgan fingerprint density at radius 2 is 2.44 bits per heavy atom. The molecule has 1 unspecified atom stereocenters. The van der Waals surface area contributed by atoms with E-state index in [0.717, 1.165) is 0 Å². The Labute approximate surface area is 57.4 Å². The van der Waals surface area contributed by atoms with Crippen LogP contribution in [0.4, 0.5) is 0 Å². The second-order valence-corrected chi connectivity index (χ2v) is 2.31. The van der Waals surface area contributed by atoms with Crippen molar-refractivity contribution in [3.8, 4) is 0 Å². The van der Waals surface area contributed by atoms with Crippen molar-refractivity contribution in [2.45, 2.75) is 6.42 Å². The lowest BCUT2D eigenvalue weighted by atomic mass is 10.1. The molecule has 1 aliphatic rings. The number of hydrogen-bond donors (Lipinski definition) is 1. The predicted molar refractivity (Wildman–Crippen MR) is 32.0 cm³/mol. The standard InChI is InChI=1S/C5H6ClNO2/c6-4(8)3-1-2-7-5(3)9/h3H,1-2H2,(H,7,9). The zero-order chi connectivity index (χ0) is 6.85. The number of nitrogens with one attached hydrogen (secondary N) is 1. The number of carbonyl (C=O) groups excluding carboxylic acids is 2. The van der Waals surface area contributed by atoms with E-state index in [0.29, 0.717) is 13.0 Å². The van der Waals surface area contributed by atoms with Crippen LogP contribution in [0.3, 0.4) is 0 Å². The van der Waals surface area contributed by atoms with Gasteiger partial charge in [0, 0.05) is 6.54 Å². The minimum absolute atomic E-state index is 0.241. The van der Waals surface area contributed by atoms with E-state index < -0.39 is 11.2 Å². The molecule has 1 atom stereocenters. The maximum absolute atomic E-state index is 10.6. The van der Waals surface area contributed by atoms with E-state index in [-0.39, 0.29) is 5.91 Å². The molecule has 1 fully saturated rings. The summed E-state index contributed by atoms with van der Waals surface area (Å²) in [6, 6.07) is 0. The summed E-state index contributed by atoms with van der Waals surface area (Å²) < 4.78 is 0. The SMILES string of the molecule is O=C(Cl)C1CCNC1=O. The van der Waals surface area contributed by atoms with Gasteiger partial charge in [0.25, 0.3) is 0 Å². The van der Waals surface area contributed by atoms with Crippen LogP contribution in [0.15, 0.2) is 0 Å². The van der Waals surface area contributed by atoms with Gasteiger partial charge in [0.2, 0.25) is 11.1 Å². The van der Waals surface area contributed by atoms with Gasteiger partial charge in [-0.05, 0) is 18.0 Å². The molecule has 1 N–H and O–H groups in total. The van der Waals surface area contributed by atoms with Gasteiger partial charge in [-0.1, -0.05) is 0 Å². The predicted octanol–water partition coefficient (Wildman–Crippen LogP) is -0.112. The molecule has 1 amide bonds. The fourth-order valence-corrected chi connectivity index (χ4v) is 1.02. The van der Waals surface area contributed by atoms with Crippen molar-refractivity contribution in [1.82, 2.24) is 5.32 Å². The molecule has 0 bridgehead atoms. The molecule has 0 aromatic carbocycles. The minimum atomic E-state index is -0.591. The highest BCUT2D eigenvalue weighted by Crippen LogP contribution is 2.11. The van der Waals surface area contributed by atoms with Crippen LogP contribution in [0.5, 0.6) is 0 Å². The molecule has 1 aliphatic heterocycles. The number of amides is 1. The summed E-state index contributed by atoms with van der Waals surface area (Å²) in [5.74, 6) is -0.832. The maximum Gasteiger partial charge on any atom is 0.234 e. The number of rotatable bonds is 1. The lowest BCUT2D eigenvalue weighted by Gasteiger charge is -1.94. The molecule has 1 rings (SSSR count). The fourth-order valence-electron chi connectivity index (χ4n) is 0.811. The van der Waals surface area contributed by atoms with Crippen molar-refractivity contribution in [2.75, 3.05) is 6.54 Å². The van der Waals surface area contributed by atoms with E-state index >= 15 is 0 Å². The van der Waals surface area contributed by atoms with Crippen molar-refractivity contribution in [2.24, 2.45) is 5.92 Å². The number of halogens is 1. The van der Waals surface area contributed by atoms with Crippen molar-refractivity contribution in [3.63, 3.8) is 0 Å². The Bertz CT molecular complexity index is 157. The van der Waals surface area contributed by atoms with Gasteiger partial charge >= 0.3 is 0 Å². The topological polar surface area (TPSA) is 46.2 Å². The highest BCUT2D eigenvalue weighted by molar-refractivity contribution is 6.65. The van der Waals surface area contributed by atoms with Gasteiger partial charge in [0.05, 0.1) is 0 Å². The molecular formula is C5H6ClNO2. The quantitative estimate of drug-likeness (QED) is 0.416. The Hall–Kier alpha value is -0.570. The summed E-state index contributed by atoms with van der Waals surface area (Å²) in [6.07, 6.45) is 0.543. The van der Waals surface area contributed by atoms with E-state index in [1.54, 1.807) is 0 Å². The second kappa shape index (κ2) is 2.35. The third kappa shape index (κ3) is 1.21. The Balaban J connectivity index is 2.60. The van der Waals surface area contributed by atoms with Gasteiger partial charge in [0.15, 0.2) is 0 Å². The molecule has 50 valence electrons. The van der Waals surface area contributed by atoms with E-state index in [4.69, 9.17) is 11.6 Å². The van der Waals surface area contributed by atoms with E-state index in [2.05, 4.69) is 5.32 Å². The molecular weight excluding hydrogens is 142 g/mol. The lowest BCUT2D eigenvalue weighted by molar-refractivity contribution is -0.127.